The van der Waals surface area contributed by atoms with Crippen LogP contribution in [0, 0.1) is 5.92 Å². The van der Waals surface area contributed by atoms with Gasteiger partial charge in [0, 0.05) is 26.1 Å². The molecule has 2 aromatic rings. The predicted octanol–water partition coefficient (Wildman–Crippen LogP) is 3.72. The molecule has 0 radical (unpaired) electrons. The fraction of sp³-hybridized carbons (Fsp3) is 0.458. The number of rotatable bonds is 9. The SMILES string of the molecule is COc1ccccc1N(CCCC(=O)N1CCC(Cc2ccccc2)CC1)S(C)(=O)=O. The van der Waals surface area contributed by atoms with E-state index < -0.39 is 10.0 Å². The Morgan fingerprint density at radius 3 is 2.35 bits per heavy atom. The maximum atomic E-state index is 12.7. The van der Waals surface area contributed by atoms with Crippen molar-refractivity contribution in [3.8, 4) is 5.75 Å². The van der Waals surface area contributed by atoms with Crippen molar-refractivity contribution in [1.29, 1.82) is 0 Å². The molecule has 6 nitrogen and oxygen atoms in total. The molecule has 0 saturated carbocycles. The van der Waals surface area contributed by atoms with E-state index in [4.69, 9.17) is 4.74 Å². The number of carbonyl (C=O) groups is 1. The number of sulfonamides is 1. The standard InChI is InChI=1S/C24H32N2O4S/c1-30-23-12-7-6-11-22(23)26(31(2,28)29)16-8-13-24(27)25-17-14-21(15-18-25)19-20-9-4-3-5-10-20/h3-7,9-12,21H,8,13-19H2,1-2H3. The number of benzene rings is 2. The minimum atomic E-state index is -3.48. The van der Waals surface area contributed by atoms with E-state index in [0.717, 1.165) is 32.4 Å². The van der Waals surface area contributed by atoms with E-state index >= 15 is 0 Å². The second-order valence-electron chi connectivity index (χ2n) is 8.12. The second-order valence-corrected chi connectivity index (χ2v) is 10.0. The Bertz CT molecular complexity index is 955. The Hall–Kier alpha value is -2.54. The molecule has 0 aliphatic carbocycles. The molecule has 0 unspecified atom stereocenters. The van der Waals surface area contributed by atoms with Gasteiger partial charge in [-0.05, 0) is 49.3 Å². The van der Waals surface area contributed by atoms with E-state index in [1.807, 2.05) is 11.0 Å². The van der Waals surface area contributed by atoms with Gasteiger partial charge >= 0.3 is 0 Å². The van der Waals surface area contributed by atoms with Gasteiger partial charge in [-0.2, -0.15) is 0 Å². The van der Waals surface area contributed by atoms with Gasteiger partial charge in [0.25, 0.3) is 0 Å². The number of piperidine rings is 1. The molecule has 1 aliphatic heterocycles. The highest BCUT2D eigenvalue weighted by Crippen LogP contribution is 2.30. The highest BCUT2D eigenvalue weighted by Gasteiger charge is 2.24. The van der Waals surface area contributed by atoms with Crippen LogP contribution in [0.15, 0.2) is 54.6 Å². The van der Waals surface area contributed by atoms with Crippen LogP contribution in [0.25, 0.3) is 0 Å². The summed E-state index contributed by atoms with van der Waals surface area (Å²) in [5, 5.41) is 0. The molecular formula is C24H32N2O4S. The van der Waals surface area contributed by atoms with Gasteiger partial charge in [-0.3, -0.25) is 9.10 Å². The van der Waals surface area contributed by atoms with Gasteiger partial charge in [-0.1, -0.05) is 42.5 Å². The van der Waals surface area contributed by atoms with Crippen molar-refractivity contribution in [3.05, 3.63) is 60.2 Å². The van der Waals surface area contributed by atoms with Crippen LogP contribution in [-0.4, -0.2) is 52.2 Å². The molecule has 7 heteroatoms. The van der Waals surface area contributed by atoms with Gasteiger partial charge in [0.05, 0.1) is 19.1 Å². The Labute approximate surface area is 185 Å². The van der Waals surface area contributed by atoms with Gasteiger partial charge in [-0.25, -0.2) is 8.42 Å². The third-order valence-corrected chi connectivity index (χ3v) is 7.02. The zero-order valence-electron chi connectivity index (χ0n) is 18.4. The van der Waals surface area contributed by atoms with Crippen LogP contribution in [0.1, 0.15) is 31.2 Å². The molecule has 0 N–H and O–H groups in total. The third-order valence-electron chi connectivity index (χ3n) is 5.84. The number of para-hydroxylation sites is 2. The van der Waals surface area contributed by atoms with E-state index in [2.05, 4.69) is 24.3 Å². The molecule has 0 aromatic heterocycles. The lowest BCUT2D eigenvalue weighted by Gasteiger charge is -2.32. The molecule has 1 heterocycles. The van der Waals surface area contributed by atoms with E-state index in [0.29, 0.717) is 30.2 Å². The summed E-state index contributed by atoms with van der Waals surface area (Å²) in [5.74, 6) is 1.21. The van der Waals surface area contributed by atoms with Gasteiger partial charge < -0.3 is 9.64 Å². The maximum absolute atomic E-state index is 12.7. The lowest BCUT2D eigenvalue weighted by molar-refractivity contribution is -0.132. The van der Waals surface area contributed by atoms with Crippen LogP contribution in [0.3, 0.4) is 0 Å². The number of methoxy groups -OCH3 is 1. The monoisotopic (exact) mass is 444 g/mol. The topological polar surface area (TPSA) is 66.9 Å². The molecule has 0 spiro atoms. The molecule has 3 rings (SSSR count). The number of anilines is 1. The van der Waals surface area contributed by atoms with Gasteiger partial charge in [0.15, 0.2) is 0 Å². The molecular weight excluding hydrogens is 412 g/mol. The lowest BCUT2D eigenvalue weighted by Crippen LogP contribution is -2.39. The average Bonchev–Trinajstić information content (AvgIpc) is 2.77. The van der Waals surface area contributed by atoms with E-state index in [-0.39, 0.29) is 12.5 Å². The Balaban J connectivity index is 1.50. The quantitative estimate of drug-likeness (QED) is 0.591. The Kier molecular flexibility index (Phi) is 7.96. The maximum Gasteiger partial charge on any atom is 0.232 e. The Morgan fingerprint density at radius 1 is 1.06 bits per heavy atom. The molecule has 1 amide bonds. The highest BCUT2D eigenvalue weighted by atomic mass is 32.2. The first-order valence-corrected chi connectivity index (χ1v) is 12.7. The normalized spacial score (nSPS) is 15.0. The number of nitrogens with zero attached hydrogens (tertiary/aromatic N) is 2. The molecule has 1 saturated heterocycles. The summed E-state index contributed by atoms with van der Waals surface area (Å²) in [6, 6.07) is 17.5. The van der Waals surface area contributed by atoms with Crippen LogP contribution in [0.2, 0.25) is 0 Å². The van der Waals surface area contributed by atoms with Gasteiger partial charge in [-0.15, -0.1) is 0 Å². The van der Waals surface area contributed by atoms with Crippen LogP contribution in [-0.2, 0) is 21.2 Å². The van der Waals surface area contributed by atoms with Crippen molar-refractivity contribution in [3.63, 3.8) is 0 Å². The van der Waals surface area contributed by atoms with Crippen molar-refractivity contribution in [2.75, 3.05) is 37.3 Å². The first kappa shape index (κ1) is 23.1. The molecule has 2 aromatic carbocycles. The largest absolute Gasteiger partial charge is 0.495 e. The zero-order valence-corrected chi connectivity index (χ0v) is 19.2. The number of likely N-dealkylation sites (tertiary alicyclic amines) is 1. The molecule has 168 valence electrons. The third kappa shape index (κ3) is 6.47. The second kappa shape index (κ2) is 10.7. The minimum Gasteiger partial charge on any atom is -0.495 e. The summed E-state index contributed by atoms with van der Waals surface area (Å²) in [5.41, 5.74) is 1.85. The van der Waals surface area contributed by atoms with E-state index in [9.17, 15) is 13.2 Å². The predicted molar refractivity (Wildman–Crippen MR) is 124 cm³/mol. The minimum absolute atomic E-state index is 0.103. The van der Waals surface area contributed by atoms with Gasteiger partial charge in [0.2, 0.25) is 15.9 Å². The molecule has 0 atom stereocenters. The summed E-state index contributed by atoms with van der Waals surface area (Å²) < 4.78 is 31.3. The Morgan fingerprint density at radius 2 is 1.71 bits per heavy atom. The smallest absolute Gasteiger partial charge is 0.232 e. The summed E-state index contributed by atoms with van der Waals surface area (Å²) >= 11 is 0. The van der Waals surface area contributed by atoms with Crippen molar-refractivity contribution < 1.29 is 17.9 Å². The number of hydrogen-bond donors (Lipinski definition) is 0. The number of hydrogen-bond acceptors (Lipinski definition) is 4. The van der Waals surface area contributed by atoms with Crippen molar-refractivity contribution in [2.45, 2.75) is 32.1 Å². The number of carbonyl (C=O) groups excluding carboxylic acids is 1. The van der Waals surface area contributed by atoms with E-state index in [1.165, 1.54) is 23.2 Å². The average molecular weight is 445 g/mol. The lowest BCUT2D eigenvalue weighted by atomic mass is 9.90. The van der Waals surface area contributed by atoms with E-state index in [1.54, 1.807) is 24.3 Å². The first-order valence-electron chi connectivity index (χ1n) is 10.8. The van der Waals surface area contributed by atoms with Crippen LogP contribution in [0.5, 0.6) is 5.75 Å². The fourth-order valence-electron chi connectivity index (χ4n) is 4.17. The molecule has 1 fully saturated rings. The number of ether oxygens (including phenoxy) is 1. The summed E-state index contributed by atoms with van der Waals surface area (Å²) in [6.45, 7) is 1.80. The molecule has 31 heavy (non-hydrogen) atoms. The highest BCUT2D eigenvalue weighted by molar-refractivity contribution is 7.92. The summed E-state index contributed by atoms with van der Waals surface area (Å²) in [7, 11) is -1.96. The van der Waals surface area contributed by atoms with Crippen molar-refractivity contribution in [1.82, 2.24) is 4.90 Å². The van der Waals surface area contributed by atoms with Crippen LogP contribution < -0.4 is 9.04 Å². The number of amides is 1. The first-order chi connectivity index (χ1) is 14.9. The fourth-order valence-corrected chi connectivity index (χ4v) is 5.14. The van der Waals surface area contributed by atoms with Crippen molar-refractivity contribution >= 4 is 21.6 Å². The summed E-state index contributed by atoms with van der Waals surface area (Å²) in [6.07, 6.45) is 5.07. The zero-order chi connectivity index (χ0) is 22.3. The molecule has 0 bridgehead atoms. The van der Waals surface area contributed by atoms with Crippen LogP contribution >= 0.6 is 0 Å². The molecule has 1 aliphatic rings. The van der Waals surface area contributed by atoms with Gasteiger partial charge in [0.1, 0.15) is 5.75 Å². The van der Waals surface area contributed by atoms with Crippen LogP contribution in [0.4, 0.5) is 5.69 Å². The summed E-state index contributed by atoms with van der Waals surface area (Å²) in [4.78, 5) is 14.6. The van der Waals surface area contributed by atoms with Crippen molar-refractivity contribution in [2.24, 2.45) is 5.92 Å².